The summed E-state index contributed by atoms with van der Waals surface area (Å²) in [6, 6.07) is 13.0. The number of carbonyl (C=O) groups is 1. The van der Waals surface area contributed by atoms with E-state index in [4.69, 9.17) is 17.0 Å². The number of hydrogen-bond acceptors (Lipinski definition) is 7. The van der Waals surface area contributed by atoms with Crippen LogP contribution < -0.4 is 15.4 Å². The smallest absolute Gasteiger partial charge is 0.270 e. The first-order chi connectivity index (χ1) is 15.0. The number of rotatable bonds is 8. The fraction of sp³-hybridized carbons (Fsp3) is 0.190. The van der Waals surface area contributed by atoms with Gasteiger partial charge in [0, 0.05) is 28.6 Å². The van der Waals surface area contributed by atoms with Crippen LogP contribution in [-0.4, -0.2) is 27.5 Å². The molecule has 0 saturated heterocycles. The highest BCUT2D eigenvalue weighted by molar-refractivity contribution is 7.80. The molecule has 1 aromatic heterocycles. The molecule has 0 saturated carbocycles. The third-order valence-corrected chi connectivity index (χ3v) is 5.15. The van der Waals surface area contributed by atoms with Crippen LogP contribution in [0.2, 0.25) is 0 Å². The Morgan fingerprint density at radius 2 is 2.03 bits per heavy atom. The van der Waals surface area contributed by atoms with E-state index in [-0.39, 0.29) is 16.7 Å². The molecule has 0 spiro atoms. The zero-order chi connectivity index (χ0) is 22.2. The lowest BCUT2D eigenvalue weighted by molar-refractivity contribution is -0.384. The number of ether oxygens (including phenoxy) is 1. The first-order valence-corrected chi connectivity index (χ1v) is 10.8. The number of thiocarbonyl (C=S) groups is 1. The van der Waals surface area contributed by atoms with E-state index in [0.29, 0.717) is 34.3 Å². The van der Waals surface area contributed by atoms with Crippen LogP contribution in [0.1, 0.15) is 30.1 Å². The van der Waals surface area contributed by atoms with Crippen LogP contribution in [0.3, 0.4) is 0 Å². The molecule has 0 bridgehead atoms. The van der Waals surface area contributed by atoms with Gasteiger partial charge in [-0.05, 0) is 42.9 Å². The molecule has 0 fully saturated rings. The molecule has 0 aliphatic heterocycles. The molecule has 10 heteroatoms. The first-order valence-electron chi connectivity index (χ1n) is 9.52. The largest absolute Gasteiger partial charge is 0.494 e. The van der Waals surface area contributed by atoms with E-state index in [1.54, 1.807) is 41.8 Å². The maximum Gasteiger partial charge on any atom is 0.270 e. The molecule has 160 valence electrons. The Labute approximate surface area is 188 Å². The molecule has 8 nitrogen and oxygen atoms in total. The Morgan fingerprint density at radius 1 is 1.26 bits per heavy atom. The van der Waals surface area contributed by atoms with E-state index in [1.165, 1.54) is 23.5 Å². The summed E-state index contributed by atoms with van der Waals surface area (Å²) in [5.74, 6) is 0.357. The molecule has 3 rings (SSSR count). The van der Waals surface area contributed by atoms with Crippen molar-refractivity contribution in [1.82, 2.24) is 10.3 Å². The number of benzene rings is 2. The third-order valence-electron chi connectivity index (χ3n) is 4.19. The van der Waals surface area contributed by atoms with Crippen molar-refractivity contribution in [1.29, 1.82) is 0 Å². The highest BCUT2D eigenvalue weighted by atomic mass is 32.1. The van der Waals surface area contributed by atoms with E-state index in [1.807, 2.05) is 0 Å². The second-order valence-corrected chi connectivity index (χ2v) is 7.75. The van der Waals surface area contributed by atoms with E-state index < -0.39 is 4.92 Å². The molecule has 2 aromatic carbocycles. The fourth-order valence-electron chi connectivity index (χ4n) is 2.58. The monoisotopic (exact) mass is 456 g/mol. The van der Waals surface area contributed by atoms with E-state index in [0.717, 1.165) is 12.8 Å². The summed E-state index contributed by atoms with van der Waals surface area (Å²) in [7, 11) is 0. The number of nitrogens with zero attached hydrogens (tertiary/aromatic N) is 2. The lowest BCUT2D eigenvalue weighted by atomic mass is 10.1. The molecule has 0 aliphatic rings. The maximum atomic E-state index is 12.4. The van der Waals surface area contributed by atoms with E-state index in [2.05, 4.69) is 22.5 Å². The summed E-state index contributed by atoms with van der Waals surface area (Å²) >= 11 is 6.47. The van der Waals surface area contributed by atoms with Crippen LogP contribution in [0.5, 0.6) is 5.75 Å². The quantitative estimate of drug-likeness (QED) is 0.212. The maximum absolute atomic E-state index is 12.4. The zero-order valence-corrected chi connectivity index (χ0v) is 18.3. The van der Waals surface area contributed by atoms with Gasteiger partial charge >= 0.3 is 0 Å². The number of nitro benzene ring substituents is 1. The highest BCUT2D eigenvalue weighted by Crippen LogP contribution is 2.27. The van der Waals surface area contributed by atoms with Gasteiger partial charge in [0.05, 0.1) is 17.2 Å². The Hall–Kier alpha value is -3.37. The topological polar surface area (TPSA) is 106 Å². The summed E-state index contributed by atoms with van der Waals surface area (Å²) in [6.07, 6.45) is 2.03. The molecule has 0 aliphatic carbocycles. The average molecular weight is 457 g/mol. The first kappa shape index (κ1) is 22.3. The molecular formula is C21H20N4O4S2. The number of unbranched alkanes of at least 4 members (excludes halogenated alkanes) is 1. The number of carbonyl (C=O) groups excluding carboxylic acids is 1. The van der Waals surface area contributed by atoms with Crippen molar-refractivity contribution in [2.24, 2.45) is 0 Å². The second kappa shape index (κ2) is 10.6. The number of aromatic nitrogens is 1. The lowest BCUT2D eigenvalue weighted by Gasteiger charge is -2.08. The van der Waals surface area contributed by atoms with Crippen LogP contribution in [0.25, 0.3) is 11.3 Å². The molecule has 1 heterocycles. The molecule has 2 N–H and O–H groups in total. The minimum Gasteiger partial charge on any atom is -0.494 e. The van der Waals surface area contributed by atoms with Crippen molar-refractivity contribution in [2.45, 2.75) is 19.8 Å². The van der Waals surface area contributed by atoms with Gasteiger partial charge in [0.1, 0.15) is 5.75 Å². The molecule has 0 radical (unpaired) electrons. The van der Waals surface area contributed by atoms with E-state index in [9.17, 15) is 14.9 Å². The van der Waals surface area contributed by atoms with Crippen LogP contribution in [0, 0.1) is 10.1 Å². The summed E-state index contributed by atoms with van der Waals surface area (Å²) in [4.78, 5) is 27.3. The number of amides is 1. The number of thiazole rings is 1. The highest BCUT2D eigenvalue weighted by Gasteiger charge is 2.12. The van der Waals surface area contributed by atoms with Gasteiger partial charge in [-0.3, -0.25) is 20.2 Å². The summed E-state index contributed by atoms with van der Waals surface area (Å²) in [5.41, 5.74) is 1.63. The Morgan fingerprint density at radius 3 is 2.74 bits per heavy atom. The third kappa shape index (κ3) is 6.30. The minimum atomic E-state index is -0.455. The van der Waals surface area contributed by atoms with Gasteiger partial charge in [0.15, 0.2) is 10.2 Å². The molecule has 0 atom stereocenters. The van der Waals surface area contributed by atoms with Crippen molar-refractivity contribution in [3.05, 3.63) is 69.6 Å². The number of nitrogens with one attached hydrogen (secondary N) is 2. The van der Waals surface area contributed by atoms with Crippen LogP contribution in [-0.2, 0) is 0 Å². The van der Waals surface area contributed by atoms with Gasteiger partial charge in [-0.15, -0.1) is 11.3 Å². The number of non-ortho nitro benzene ring substituents is 1. The lowest BCUT2D eigenvalue weighted by Crippen LogP contribution is -2.34. The zero-order valence-electron chi connectivity index (χ0n) is 16.7. The Bertz CT molecular complexity index is 1080. The number of nitro groups is 1. The normalized spacial score (nSPS) is 10.4. The van der Waals surface area contributed by atoms with Gasteiger partial charge in [-0.25, -0.2) is 4.98 Å². The van der Waals surface area contributed by atoms with Gasteiger partial charge < -0.3 is 10.1 Å². The average Bonchev–Trinajstić information content (AvgIpc) is 3.22. The molecule has 3 aromatic rings. The van der Waals surface area contributed by atoms with E-state index >= 15 is 0 Å². The van der Waals surface area contributed by atoms with Gasteiger partial charge in [-0.1, -0.05) is 25.5 Å². The Kier molecular flexibility index (Phi) is 7.63. The van der Waals surface area contributed by atoms with Gasteiger partial charge in [0.2, 0.25) is 0 Å². The van der Waals surface area contributed by atoms with Crippen molar-refractivity contribution in [3.63, 3.8) is 0 Å². The van der Waals surface area contributed by atoms with Crippen LogP contribution in [0.4, 0.5) is 10.8 Å². The molecule has 1 amide bonds. The van der Waals surface area contributed by atoms with Crippen LogP contribution >= 0.6 is 23.6 Å². The van der Waals surface area contributed by atoms with Crippen molar-refractivity contribution >= 4 is 45.4 Å². The van der Waals surface area contributed by atoms with Crippen molar-refractivity contribution in [3.8, 4) is 17.0 Å². The Balaban J connectivity index is 1.57. The molecular weight excluding hydrogens is 436 g/mol. The summed E-state index contributed by atoms with van der Waals surface area (Å²) < 4.78 is 5.59. The number of anilines is 1. The predicted molar refractivity (Wildman–Crippen MR) is 125 cm³/mol. The second-order valence-electron chi connectivity index (χ2n) is 6.48. The predicted octanol–water partition coefficient (Wildman–Crippen LogP) is 5.02. The van der Waals surface area contributed by atoms with Crippen molar-refractivity contribution in [2.75, 3.05) is 11.9 Å². The minimum absolute atomic E-state index is 0.00965. The fourth-order valence-corrected chi connectivity index (χ4v) is 3.56. The van der Waals surface area contributed by atoms with Crippen LogP contribution in [0.15, 0.2) is 53.9 Å². The van der Waals surface area contributed by atoms with Crippen molar-refractivity contribution < 1.29 is 14.5 Å². The summed E-state index contributed by atoms with van der Waals surface area (Å²) in [5, 5.41) is 18.7. The molecule has 0 unspecified atom stereocenters. The van der Waals surface area contributed by atoms with Gasteiger partial charge in [-0.2, -0.15) is 0 Å². The molecule has 31 heavy (non-hydrogen) atoms. The SMILES string of the molecule is CCCCOc1ccc(C(=O)NC(=S)Nc2nc(-c3cccc([N+](=O)[O-])c3)cs2)cc1. The summed E-state index contributed by atoms with van der Waals surface area (Å²) in [6.45, 7) is 2.73. The van der Waals surface area contributed by atoms with Gasteiger partial charge in [0.25, 0.3) is 11.6 Å². The standard InChI is InChI=1S/C21H20N4O4S2/c1-2-3-11-29-17-9-7-14(8-10-17)19(26)23-20(30)24-21-22-18(13-31-21)15-5-4-6-16(12-15)25(27)28/h4-10,12-13H,2-3,11H2,1H3,(H2,22,23,24,26,30). The number of hydrogen-bond donors (Lipinski definition) is 2.